The first-order chi connectivity index (χ1) is 17.1. The van der Waals surface area contributed by atoms with Gasteiger partial charge >= 0.3 is 0 Å². The van der Waals surface area contributed by atoms with Crippen molar-refractivity contribution in [1.29, 1.82) is 0 Å². The summed E-state index contributed by atoms with van der Waals surface area (Å²) >= 11 is 6.57. The van der Waals surface area contributed by atoms with Crippen LogP contribution in [0.5, 0.6) is 11.5 Å². The summed E-state index contributed by atoms with van der Waals surface area (Å²) < 4.78 is 12.2. The molecule has 1 saturated heterocycles. The molecule has 1 heterocycles. The Morgan fingerprint density at radius 1 is 0.944 bits per heavy atom. The number of nitrogens with one attached hydrogen (secondary N) is 1. The Labute approximate surface area is 227 Å². The van der Waals surface area contributed by atoms with Crippen molar-refractivity contribution < 1.29 is 14.3 Å². The highest BCUT2D eigenvalue weighted by Gasteiger charge is 2.37. The van der Waals surface area contributed by atoms with Crippen LogP contribution in [-0.2, 0) is 22.0 Å². The van der Waals surface area contributed by atoms with Crippen molar-refractivity contribution in [3.63, 3.8) is 0 Å². The number of hydrogen-bond donors (Lipinski definition) is 1. The summed E-state index contributed by atoms with van der Waals surface area (Å²) in [6, 6.07) is 10.7. The van der Waals surface area contributed by atoms with Gasteiger partial charge in [-0.25, -0.2) is 0 Å². The smallest absolute Gasteiger partial charge is 0.239 e. The van der Waals surface area contributed by atoms with Crippen molar-refractivity contribution in [2.24, 2.45) is 0 Å². The Balaban J connectivity index is 0.00000109. The minimum absolute atomic E-state index is 0.0443. The number of hydrogen-bond acceptors (Lipinski definition) is 5. The number of fused-ring (bicyclic) bond motifs is 1. The van der Waals surface area contributed by atoms with E-state index in [9.17, 15) is 4.79 Å². The largest absolute Gasteiger partial charge is 0.496 e. The molecule has 198 valence electrons. The average molecular weight is 530 g/mol. The molecule has 1 atom stereocenters. The molecule has 1 fully saturated rings. The van der Waals surface area contributed by atoms with E-state index in [4.69, 9.17) is 21.7 Å². The van der Waals surface area contributed by atoms with Crippen molar-refractivity contribution in [1.82, 2.24) is 5.32 Å². The van der Waals surface area contributed by atoms with Gasteiger partial charge in [0, 0.05) is 0 Å². The molecule has 36 heavy (non-hydrogen) atoms. The van der Waals surface area contributed by atoms with Crippen LogP contribution >= 0.6 is 24.0 Å². The second-order valence-corrected chi connectivity index (χ2v) is 11.8. The van der Waals surface area contributed by atoms with E-state index in [2.05, 4.69) is 51.2 Å². The van der Waals surface area contributed by atoms with Gasteiger partial charge in [0.25, 0.3) is 0 Å². The summed E-state index contributed by atoms with van der Waals surface area (Å²) in [5.41, 5.74) is 6.04. The topological polar surface area (TPSA) is 47.6 Å². The van der Waals surface area contributed by atoms with Crippen LogP contribution < -0.4 is 14.8 Å². The van der Waals surface area contributed by atoms with Gasteiger partial charge in [-0.2, -0.15) is 0 Å². The molecule has 2 aromatic rings. The Kier molecular flexibility index (Phi) is 10.4. The number of ether oxygens (including phenoxy) is 2. The second-order valence-electron chi connectivity index (χ2n) is 9.95. The third-order valence-corrected chi connectivity index (χ3v) is 8.31. The highest BCUT2D eigenvalue weighted by molar-refractivity contribution is 8.24. The first kappa shape index (κ1) is 30.2. The summed E-state index contributed by atoms with van der Waals surface area (Å²) in [5.74, 6) is 1.47. The molecule has 0 saturated carbocycles. The van der Waals surface area contributed by atoms with Gasteiger partial charge in [-0.3, -0.25) is 4.79 Å². The summed E-state index contributed by atoms with van der Waals surface area (Å²) in [5, 5.41) is 2.49. The monoisotopic (exact) mass is 529 g/mol. The van der Waals surface area contributed by atoms with E-state index in [1.165, 1.54) is 29.3 Å². The molecule has 6 heteroatoms. The molecule has 1 aliphatic heterocycles. The van der Waals surface area contributed by atoms with Gasteiger partial charge in [0.15, 0.2) is 0 Å². The van der Waals surface area contributed by atoms with Crippen LogP contribution in [0.2, 0.25) is 0 Å². The molecule has 0 radical (unpaired) electrons. The Morgan fingerprint density at radius 3 is 2.08 bits per heavy atom. The first-order valence-corrected chi connectivity index (χ1v) is 14.3. The van der Waals surface area contributed by atoms with Crippen LogP contribution in [-0.4, -0.2) is 29.7 Å². The summed E-state index contributed by atoms with van der Waals surface area (Å²) in [6.07, 6.45) is 2.87. The lowest BCUT2D eigenvalue weighted by molar-refractivity contribution is -0.118. The normalized spacial score (nSPS) is 19.1. The van der Waals surface area contributed by atoms with Gasteiger partial charge in [0.2, 0.25) is 5.91 Å². The fraction of sp³-hybridized carbons (Fsp3) is 0.533. The fourth-order valence-electron chi connectivity index (χ4n) is 4.92. The molecule has 1 aliphatic carbocycles. The fourth-order valence-corrected chi connectivity index (χ4v) is 6.21. The molecule has 4 nitrogen and oxygen atoms in total. The lowest BCUT2D eigenvalue weighted by Crippen LogP contribution is -2.33. The maximum absolute atomic E-state index is 12.3. The highest BCUT2D eigenvalue weighted by Crippen LogP contribution is 2.49. The van der Waals surface area contributed by atoms with Crippen LogP contribution in [0.25, 0.3) is 11.1 Å². The van der Waals surface area contributed by atoms with E-state index < -0.39 is 0 Å². The van der Waals surface area contributed by atoms with Crippen LogP contribution in [0.3, 0.4) is 0 Å². The SMILES string of the molecule is CC.CC.COc1ccc(CC2SC(=S)NC2=O)c(OC)c1-c1ccc2c(c1)C(C)(C)CCC2(C)C. The van der Waals surface area contributed by atoms with Gasteiger partial charge in [0.1, 0.15) is 15.8 Å². The average Bonchev–Trinajstić information content (AvgIpc) is 3.20. The quantitative estimate of drug-likeness (QED) is 0.400. The van der Waals surface area contributed by atoms with E-state index in [1.807, 2.05) is 39.8 Å². The third-order valence-electron chi connectivity index (χ3n) is 6.94. The van der Waals surface area contributed by atoms with Crippen molar-refractivity contribution >= 4 is 34.2 Å². The second kappa shape index (κ2) is 12.5. The zero-order valence-corrected chi connectivity index (χ0v) is 25.3. The van der Waals surface area contributed by atoms with E-state index in [0.29, 0.717) is 10.7 Å². The van der Waals surface area contributed by atoms with Crippen molar-refractivity contribution in [3.05, 3.63) is 47.0 Å². The van der Waals surface area contributed by atoms with E-state index >= 15 is 0 Å². The minimum atomic E-state index is -0.249. The number of carbonyl (C=O) groups is 1. The van der Waals surface area contributed by atoms with E-state index in [0.717, 1.165) is 34.6 Å². The first-order valence-electron chi connectivity index (χ1n) is 13.0. The van der Waals surface area contributed by atoms with Gasteiger partial charge in [-0.15, -0.1) is 0 Å². The molecule has 0 spiro atoms. The highest BCUT2D eigenvalue weighted by atomic mass is 32.2. The molecule has 4 rings (SSSR count). The Morgan fingerprint density at radius 2 is 1.56 bits per heavy atom. The zero-order valence-electron chi connectivity index (χ0n) is 23.6. The number of carbonyl (C=O) groups excluding carboxylic acids is 1. The molecular weight excluding hydrogens is 486 g/mol. The standard InChI is InChI=1S/C26H31NO3S2.2C2H6/c1-25(2)11-12-26(3,4)18-13-15(7-9-17(18)25)21-19(29-5)10-8-16(22(21)30-6)14-20-23(28)27-24(31)32-20;2*1-2/h7-10,13,20H,11-12,14H2,1-6H3,(H,27,28,31);2*1-2H3. The maximum atomic E-state index is 12.3. The molecule has 2 aromatic carbocycles. The van der Waals surface area contributed by atoms with Gasteiger partial charge in [0.05, 0.1) is 25.0 Å². The summed E-state index contributed by atoms with van der Waals surface area (Å²) in [6.45, 7) is 17.3. The molecule has 1 amide bonds. The van der Waals surface area contributed by atoms with Gasteiger partial charge in [-0.1, -0.05) is 104 Å². The zero-order chi connectivity index (χ0) is 27.3. The molecule has 1 unspecified atom stereocenters. The Bertz CT molecular complexity index is 1090. The third kappa shape index (κ3) is 6.08. The predicted octanol–water partition coefficient (Wildman–Crippen LogP) is 7.83. The van der Waals surface area contributed by atoms with Crippen LogP contribution in [0.1, 0.15) is 84.9 Å². The predicted molar refractivity (Wildman–Crippen MR) is 159 cm³/mol. The van der Waals surface area contributed by atoms with Gasteiger partial charge in [-0.05, 0) is 58.4 Å². The molecule has 1 N–H and O–H groups in total. The number of benzene rings is 2. The van der Waals surface area contributed by atoms with Crippen LogP contribution in [0.15, 0.2) is 30.3 Å². The Hall–Kier alpha value is -2.05. The van der Waals surface area contributed by atoms with Crippen LogP contribution in [0.4, 0.5) is 0 Å². The number of thiocarbonyl (C=S) groups is 1. The van der Waals surface area contributed by atoms with Crippen molar-refractivity contribution in [2.45, 2.75) is 90.7 Å². The van der Waals surface area contributed by atoms with E-state index in [-0.39, 0.29) is 22.0 Å². The van der Waals surface area contributed by atoms with Gasteiger partial charge < -0.3 is 14.8 Å². The maximum Gasteiger partial charge on any atom is 0.239 e. The number of amides is 1. The van der Waals surface area contributed by atoms with Crippen molar-refractivity contribution in [3.8, 4) is 22.6 Å². The summed E-state index contributed by atoms with van der Waals surface area (Å²) in [7, 11) is 3.36. The lowest BCUT2D eigenvalue weighted by atomic mass is 9.63. The minimum Gasteiger partial charge on any atom is -0.496 e. The molecule has 0 aromatic heterocycles. The molecular formula is C30H43NO3S2. The van der Waals surface area contributed by atoms with Crippen LogP contribution in [0, 0.1) is 0 Å². The van der Waals surface area contributed by atoms with Crippen molar-refractivity contribution in [2.75, 3.05) is 14.2 Å². The molecule has 0 bridgehead atoms. The number of thioether (sulfide) groups is 1. The summed E-state index contributed by atoms with van der Waals surface area (Å²) in [4.78, 5) is 12.3. The van der Waals surface area contributed by atoms with E-state index in [1.54, 1.807) is 14.2 Å². The number of rotatable bonds is 5. The number of methoxy groups -OCH3 is 2. The molecule has 2 aliphatic rings. The lowest BCUT2D eigenvalue weighted by Gasteiger charge is -2.42.